The Kier molecular flexibility index (Phi) is 3.40. The van der Waals surface area contributed by atoms with Crippen LogP contribution >= 0.6 is 0 Å². The maximum atomic E-state index is 13.0. The highest BCUT2D eigenvalue weighted by Gasteiger charge is 2.41. The number of likely N-dealkylation sites (N-methyl/N-ethyl adjacent to an activating group) is 1. The Labute approximate surface area is 150 Å². The van der Waals surface area contributed by atoms with Crippen LogP contribution in [0, 0.1) is 6.92 Å². The molecule has 0 saturated carbocycles. The van der Waals surface area contributed by atoms with Crippen molar-refractivity contribution in [1.29, 1.82) is 0 Å². The lowest BCUT2D eigenvalue weighted by Gasteiger charge is -2.33. The Balaban J connectivity index is 1.51. The van der Waals surface area contributed by atoms with E-state index < -0.39 is 0 Å². The number of anilines is 1. The minimum atomic E-state index is -0.0426. The normalized spacial score (nSPS) is 22.6. The number of hydrogen-bond donors (Lipinski definition) is 0. The van der Waals surface area contributed by atoms with Crippen LogP contribution in [0.15, 0.2) is 39.9 Å². The van der Waals surface area contributed by atoms with E-state index in [4.69, 9.17) is 4.52 Å². The van der Waals surface area contributed by atoms with Gasteiger partial charge in [0.05, 0.1) is 23.8 Å². The number of piperazine rings is 1. The Morgan fingerprint density at radius 2 is 2.12 bits per heavy atom. The molecule has 2 aliphatic rings. The van der Waals surface area contributed by atoms with E-state index in [2.05, 4.69) is 33.1 Å². The first-order valence-electron chi connectivity index (χ1n) is 8.97. The quantitative estimate of drug-likeness (QED) is 0.715. The standard InChI is InChI=1S/C19H21N5O2/c1-12-5-13(21-26-12)8-23-11-20-18-4-3-14(7-17(18)19(23)25)24-10-15-6-16(24)9-22(15)2/h3-5,7,11,15-16H,6,8-10H2,1-2H3/t15-,16-/m0/s1. The zero-order valence-electron chi connectivity index (χ0n) is 14.9. The second-order valence-electron chi connectivity index (χ2n) is 7.44. The summed E-state index contributed by atoms with van der Waals surface area (Å²) in [7, 11) is 2.19. The predicted octanol–water partition coefficient (Wildman–Crippen LogP) is 1.63. The summed E-state index contributed by atoms with van der Waals surface area (Å²) in [5.41, 5.74) is 2.53. The van der Waals surface area contributed by atoms with Crippen LogP contribution in [0.4, 0.5) is 5.69 Å². The van der Waals surface area contributed by atoms with Gasteiger partial charge in [0, 0.05) is 36.9 Å². The zero-order chi connectivity index (χ0) is 17.8. The fraction of sp³-hybridized carbons (Fsp3) is 0.421. The van der Waals surface area contributed by atoms with E-state index in [1.54, 1.807) is 10.9 Å². The number of aryl methyl sites for hydroxylation is 1. The lowest BCUT2D eigenvalue weighted by molar-refractivity contribution is 0.292. The van der Waals surface area contributed by atoms with Crippen molar-refractivity contribution < 1.29 is 4.52 Å². The molecule has 0 N–H and O–H groups in total. The summed E-state index contributed by atoms with van der Waals surface area (Å²) in [6, 6.07) is 9.03. The number of likely N-dealkylation sites (tertiary alicyclic amines) is 1. The maximum Gasteiger partial charge on any atom is 0.261 e. The van der Waals surface area contributed by atoms with Gasteiger partial charge >= 0.3 is 0 Å². The molecule has 4 heterocycles. The van der Waals surface area contributed by atoms with E-state index in [1.807, 2.05) is 25.1 Å². The van der Waals surface area contributed by atoms with Gasteiger partial charge in [-0.25, -0.2) is 4.98 Å². The van der Waals surface area contributed by atoms with Gasteiger partial charge in [0.25, 0.3) is 5.56 Å². The molecule has 7 nitrogen and oxygen atoms in total. The molecule has 134 valence electrons. The summed E-state index contributed by atoms with van der Waals surface area (Å²) in [6.07, 6.45) is 2.79. The molecule has 5 rings (SSSR count). The first-order valence-corrected chi connectivity index (χ1v) is 8.97. The summed E-state index contributed by atoms with van der Waals surface area (Å²) in [4.78, 5) is 22.3. The van der Waals surface area contributed by atoms with Crippen LogP contribution in [0.5, 0.6) is 0 Å². The van der Waals surface area contributed by atoms with Crippen molar-refractivity contribution >= 4 is 16.6 Å². The fourth-order valence-electron chi connectivity index (χ4n) is 4.29. The molecule has 2 atom stereocenters. The maximum absolute atomic E-state index is 13.0. The molecule has 3 aromatic rings. The number of rotatable bonds is 3. The van der Waals surface area contributed by atoms with Gasteiger partial charge in [-0.3, -0.25) is 14.3 Å². The number of aromatic nitrogens is 3. The molecule has 2 fully saturated rings. The average Bonchev–Trinajstić information content (AvgIpc) is 3.33. The third kappa shape index (κ3) is 2.42. The Hall–Kier alpha value is -2.67. The Morgan fingerprint density at radius 3 is 2.81 bits per heavy atom. The van der Waals surface area contributed by atoms with Crippen molar-refractivity contribution in [2.75, 3.05) is 25.0 Å². The fourth-order valence-corrected chi connectivity index (χ4v) is 4.29. The van der Waals surface area contributed by atoms with Crippen LogP contribution in [0.25, 0.3) is 10.9 Å². The smallest absolute Gasteiger partial charge is 0.261 e. The molecular weight excluding hydrogens is 330 g/mol. The molecule has 26 heavy (non-hydrogen) atoms. The van der Waals surface area contributed by atoms with Crippen molar-refractivity contribution in [3.8, 4) is 0 Å². The van der Waals surface area contributed by atoms with Gasteiger partial charge in [-0.15, -0.1) is 0 Å². The summed E-state index contributed by atoms with van der Waals surface area (Å²) >= 11 is 0. The molecule has 2 bridgehead atoms. The molecule has 0 radical (unpaired) electrons. The molecule has 2 saturated heterocycles. The Bertz CT molecular complexity index is 1040. The molecule has 0 aliphatic carbocycles. The van der Waals surface area contributed by atoms with E-state index >= 15 is 0 Å². The van der Waals surface area contributed by atoms with Crippen molar-refractivity contribution in [3.63, 3.8) is 0 Å². The molecule has 2 aliphatic heterocycles. The van der Waals surface area contributed by atoms with E-state index in [0.29, 0.717) is 24.0 Å². The second-order valence-corrected chi connectivity index (χ2v) is 7.44. The lowest BCUT2D eigenvalue weighted by Crippen LogP contribution is -2.44. The van der Waals surface area contributed by atoms with Crippen LogP contribution in [-0.2, 0) is 6.54 Å². The molecular formula is C19H21N5O2. The van der Waals surface area contributed by atoms with Crippen molar-refractivity contribution in [1.82, 2.24) is 19.6 Å². The van der Waals surface area contributed by atoms with Gasteiger partial charge < -0.3 is 9.42 Å². The molecule has 0 amide bonds. The van der Waals surface area contributed by atoms with Gasteiger partial charge in [0.15, 0.2) is 0 Å². The molecule has 2 aromatic heterocycles. The highest BCUT2D eigenvalue weighted by Crippen LogP contribution is 2.34. The Morgan fingerprint density at radius 1 is 1.23 bits per heavy atom. The van der Waals surface area contributed by atoms with Crippen LogP contribution < -0.4 is 10.5 Å². The van der Waals surface area contributed by atoms with Gasteiger partial charge in [0.2, 0.25) is 0 Å². The lowest BCUT2D eigenvalue weighted by atomic mass is 10.2. The molecule has 1 aromatic carbocycles. The van der Waals surface area contributed by atoms with Crippen molar-refractivity contribution in [3.05, 3.63) is 52.4 Å². The monoisotopic (exact) mass is 351 g/mol. The van der Waals surface area contributed by atoms with Gasteiger partial charge in [-0.05, 0) is 38.6 Å². The largest absolute Gasteiger partial charge is 0.366 e. The number of fused-ring (bicyclic) bond motifs is 3. The summed E-state index contributed by atoms with van der Waals surface area (Å²) in [5.74, 6) is 0.734. The SMILES string of the molecule is Cc1cc(Cn2cnc3ccc(N4C[C@@H]5C[C@H]4CN5C)cc3c2=O)no1. The summed E-state index contributed by atoms with van der Waals surface area (Å²) < 4.78 is 6.68. The summed E-state index contributed by atoms with van der Waals surface area (Å²) in [6.45, 7) is 4.32. The van der Waals surface area contributed by atoms with Crippen LogP contribution in [-0.4, -0.2) is 51.8 Å². The topological polar surface area (TPSA) is 67.4 Å². The number of nitrogens with zero attached hydrogens (tertiary/aromatic N) is 5. The third-order valence-electron chi connectivity index (χ3n) is 5.66. The van der Waals surface area contributed by atoms with E-state index in [-0.39, 0.29) is 5.56 Å². The number of hydrogen-bond acceptors (Lipinski definition) is 6. The first kappa shape index (κ1) is 15.6. The number of benzene rings is 1. The van der Waals surface area contributed by atoms with E-state index in [9.17, 15) is 4.79 Å². The van der Waals surface area contributed by atoms with Crippen molar-refractivity contribution in [2.24, 2.45) is 0 Å². The second kappa shape index (κ2) is 5.67. The molecule has 0 unspecified atom stereocenters. The van der Waals surface area contributed by atoms with E-state index in [1.165, 1.54) is 6.42 Å². The first-order chi connectivity index (χ1) is 12.6. The average molecular weight is 351 g/mol. The van der Waals surface area contributed by atoms with Gasteiger partial charge in [0.1, 0.15) is 11.5 Å². The zero-order valence-corrected chi connectivity index (χ0v) is 14.9. The predicted molar refractivity (Wildman–Crippen MR) is 98.5 cm³/mol. The van der Waals surface area contributed by atoms with Crippen LogP contribution in [0.2, 0.25) is 0 Å². The molecule has 0 spiro atoms. The highest BCUT2D eigenvalue weighted by atomic mass is 16.5. The summed E-state index contributed by atoms with van der Waals surface area (Å²) in [5, 5.41) is 4.62. The third-order valence-corrected chi connectivity index (χ3v) is 5.66. The van der Waals surface area contributed by atoms with E-state index in [0.717, 1.165) is 35.7 Å². The minimum absolute atomic E-state index is 0.0426. The van der Waals surface area contributed by atoms with Gasteiger partial charge in [-0.2, -0.15) is 0 Å². The van der Waals surface area contributed by atoms with Gasteiger partial charge in [-0.1, -0.05) is 5.16 Å². The minimum Gasteiger partial charge on any atom is -0.366 e. The van der Waals surface area contributed by atoms with Crippen LogP contribution in [0.1, 0.15) is 17.9 Å². The highest BCUT2D eigenvalue weighted by molar-refractivity contribution is 5.81. The molecule has 7 heteroatoms. The van der Waals surface area contributed by atoms with Crippen LogP contribution in [0.3, 0.4) is 0 Å². The van der Waals surface area contributed by atoms with Crippen molar-refractivity contribution in [2.45, 2.75) is 32.0 Å².